The lowest BCUT2D eigenvalue weighted by molar-refractivity contribution is -0.130. The first-order valence-electron chi connectivity index (χ1n) is 7.38. The molecule has 0 saturated heterocycles. The lowest BCUT2D eigenvalue weighted by Gasteiger charge is -2.24. The van der Waals surface area contributed by atoms with Crippen molar-refractivity contribution in [3.8, 4) is 0 Å². The standard InChI is InChI=1S/C16H14F2N4O2S/c1-22-13(23)6-11(14(21-22)15(19)24)16-20-7-10(25-16)5-8-4-9(17)2-3-12(8)18/h2-4,7,11H,5-6H2,1H3,(H2,19,24). The SMILES string of the molecule is CN1N=C(C(N)=O)C(c2ncc(Cc3cc(F)ccc3F)s2)CC1=O. The Morgan fingerprint density at radius 1 is 1.44 bits per heavy atom. The third-order valence-corrected chi connectivity index (χ3v) is 4.93. The van der Waals surface area contributed by atoms with Crippen LogP contribution in [0.4, 0.5) is 8.78 Å². The molecule has 3 rings (SSSR count). The zero-order valence-corrected chi connectivity index (χ0v) is 14.0. The predicted molar refractivity (Wildman–Crippen MR) is 88.0 cm³/mol. The number of halogens is 2. The minimum atomic E-state index is -0.725. The first kappa shape index (κ1) is 17.2. The Kier molecular flexibility index (Phi) is 4.58. The Morgan fingerprint density at radius 2 is 2.20 bits per heavy atom. The van der Waals surface area contributed by atoms with E-state index in [1.807, 2.05) is 0 Å². The number of aromatic nitrogens is 1. The molecule has 0 radical (unpaired) electrons. The summed E-state index contributed by atoms with van der Waals surface area (Å²) in [5, 5.41) is 5.49. The normalized spacial score (nSPS) is 17.6. The van der Waals surface area contributed by atoms with Gasteiger partial charge >= 0.3 is 0 Å². The molecular weight excluding hydrogens is 350 g/mol. The summed E-state index contributed by atoms with van der Waals surface area (Å²) in [7, 11) is 1.45. The molecule has 0 spiro atoms. The van der Waals surface area contributed by atoms with Gasteiger partial charge in [0, 0.05) is 31.0 Å². The van der Waals surface area contributed by atoms with E-state index in [0.29, 0.717) is 9.88 Å². The van der Waals surface area contributed by atoms with Gasteiger partial charge in [-0.3, -0.25) is 9.59 Å². The van der Waals surface area contributed by atoms with Crippen molar-refractivity contribution in [1.29, 1.82) is 0 Å². The summed E-state index contributed by atoms with van der Waals surface area (Å²) in [4.78, 5) is 28.4. The van der Waals surface area contributed by atoms with Gasteiger partial charge in [-0.1, -0.05) is 0 Å². The van der Waals surface area contributed by atoms with Gasteiger partial charge in [0.05, 0.1) is 5.92 Å². The molecule has 0 bridgehead atoms. The Balaban J connectivity index is 1.88. The van der Waals surface area contributed by atoms with Gasteiger partial charge in [0.2, 0.25) is 5.91 Å². The topological polar surface area (TPSA) is 88.7 Å². The van der Waals surface area contributed by atoms with Crippen LogP contribution in [0.25, 0.3) is 0 Å². The second-order valence-electron chi connectivity index (χ2n) is 5.60. The quantitative estimate of drug-likeness (QED) is 0.897. The fourth-order valence-electron chi connectivity index (χ4n) is 2.55. The molecule has 0 saturated carbocycles. The van der Waals surface area contributed by atoms with E-state index in [9.17, 15) is 18.4 Å². The average Bonchev–Trinajstić information content (AvgIpc) is 3.01. The van der Waals surface area contributed by atoms with Gasteiger partial charge in [-0.05, 0) is 23.8 Å². The largest absolute Gasteiger partial charge is 0.364 e. The second-order valence-corrected chi connectivity index (χ2v) is 6.75. The number of hydrazone groups is 1. The van der Waals surface area contributed by atoms with E-state index < -0.39 is 23.5 Å². The van der Waals surface area contributed by atoms with Crippen LogP contribution in [0.1, 0.15) is 27.8 Å². The van der Waals surface area contributed by atoms with Crippen LogP contribution in [0.15, 0.2) is 29.5 Å². The van der Waals surface area contributed by atoms with Crippen LogP contribution < -0.4 is 5.73 Å². The Morgan fingerprint density at radius 3 is 2.92 bits per heavy atom. The number of primary amides is 1. The van der Waals surface area contributed by atoms with Crippen LogP contribution in [0.5, 0.6) is 0 Å². The highest BCUT2D eigenvalue weighted by Crippen LogP contribution is 2.31. The van der Waals surface area contributed by atoms with Crippen LogP contribution in [-0.4, -0.2) is 34.6 Å². The van der Waals surface area contributed by atoms with Crippen molar-refractivity contribution in [1.82, 2.24) is 9.99 Å². The van der Waals surface area contributed by atoms with Gasteiger partial charge in [0.1, 0.15) is 22.4 Å². The number of hydrogen-bond donors (Lipinski definition) is 1. The van der Waals surface area contributed by atoms with Gasteiger partial charge < -0.3 is 5.73 Å². The molecule has 1 unspecified atom stereocenters. The fraction of sp³-hybridized carbons (Fsp3) is 0.250. The van der Waals surface area contributed by atoms with Crippen molar-refractivity contribution in [3.63, 3.8) is 0 Å². The lowest BCUT2D eigenvalue weighted by atomic mass is 9.97. The number of amides is 2. The summed E-state index contributed by atoms with van der Waals surface area (Å²) < 4.78 is 27.0. The highest BCUT2D eigenvalue weighted by molar-refractivity contribution is 7.11. The maximum Gasteiger partial charge on any atom is 0.265 e. The molecule has 2 N–H and O–H groups in total. The molecule has 0 fully saturated rings. The molecule has 130 valence electrons. The van der Waals surface area contributed by atoms with E-state index in [-0.39, 0.29) is 30.0 Å². The summed E-state index contributed by atoms with van der Waals surface area (Å²) in [5.74, 6) is -2.65. The van der Waals surface area contributed by atoms with Gasteiger partial charge in [0.25, 0.3) is 5.91 Å². The number of hydrogen-bond acceptors (Lipinski definition) is 5. The number of carbonyl (C=O) groups excluding carboxylic acids is 2. The number of thiazole rings is 1. The molecule has 2 amide bonds. The molecular formula is C16H14F2N4O2S. The van der Waals surface area contributed by atoms with Gasteiger partial charge in [-0.15, -0.1) is 11.3 Å². The van der Waals surface area contributed by atoms with Crippen LogP contribution in [-0.2, 0) is 16.0 Å². The number of benzene rings is 1. The van der Waals surface area contributed by atoms with E-state index in [4.69, 9.17) is 5.73 Å². The monoisotopic (exact) mass is 364 g/mol. The van der Waals surface area contributed by atoms with Gasteiger partial charge in [-0.25, -0.2) is 18.8 Å². The number of rotatable bonds is 4. The molecule has 2 heterocycles. The zero-order valence-electron chi connectivity index (χ0n) is 13.2. The summed E-state index contributed by atoms with van der Waals surface area (Å²) in [6.45, 7) is 0. The third-order valence-electron chi connectivity index (χ3n) is 3.82. The highest BCUT2D eigenvalue weighted by atomic mass is 32.1. The third kappa shape index (κ3) is 3.55. The summed E-state index contributed by atoms with van der Waals surface area (Å²) in [6.07, 6.45) is 1.70. The second kappa shape index (κ2) is 6.67. The van der Waals surface area contributed by atoms with E-state index >= 15 is 0 Å². The van der Waals surface area contributed by atoms with Crippen LogP contribution in [0, 0.1) is 11.6 Å². The maximum absolute atomic E-state index is 13.8. The minimum absolute atomic E-state index is 0.0273. The molecule has 1 atom stereocenters. The van der Waals surface area contributed by atoms with Crippen molar-refractivity contribution < 1.29 is 18.4 Å². The van der Waals surface area contributed by atoms with Crippen molar-refractivity contribution in [3.05, 3.63) is 51.5 Å². The summed E-state index contributed by atoms with van der Waals surface area (Å²) in [6, 6.07) is 3.25. The number of nitrogens with zero attached hydrogens (tertiary/aromatic N) is 3. The Hall–Kier alpha value is -2.68. The van der Waals surface area contributed by atoms with Crippen LogP contribution in [0.3, 0.4) is 0 Å². The fourth-order valence-corrected chi connectivity index (χ4v) is 3.59. The molecule has 1 aromatic heterocycles. The highest BCUT2D eigenvalue weighted by Gasteiger charge is 2.34. The molecule has 9 heteroatoms. The predicted octanol–water partition coefficient (Wildman–Crippen LogP) is 1.80. The van der Waals surface area contributed by atoms with Gasteiger partial charge in [0.15, 0.2) is 0 Å². The Labute approximate surface area is 146 Å². The molecule has 6 nitrogen and oxygen atoms in total. The van der Waals surface area contributed by atoms with Crippen molar-refractivity contribution >= 4 is 28.9 Å². The summed E-state index contributed by atoms with van der Waals surface area (Å²) >= 11 is 1.21. The van der Waals surface area contributed by atoms with E-state index in [0.717, 1.165) is 23.2 Å². The summed E-state index contributed by atoms with van der Waals surface area (Å²) in [5.41, 5.74) is 5.61. The maximum atomic E-state index is 13.8. The van der Waals surface area contributed by atoms with Crippen LogP contribution in [0.2, 0.25) is 0 Å². The van der Waals surface area contributed by atoms with E-state index in [1.165, 1.54) is 24.6 Å². The number of carbonyl (C=O) groups is 2. The number of nitrogens with two attached hydrogens (primary N) is 1. The smallest absolute Gasteiger partial charge is 0.265 e. The van der Waals surface area contributed by atoms with Crippen molar-refractivity contribution in [2.24, 2.45) is 10.8 Å². The molecule has 1 aromatic carbocycles. The average molecular weight is 364 g/mol. The van der Waals surface area contributed by atoms with Crippen molar-refractivity contribution in [2.75, 3.05) is 7.05 Å². The van der Waals surface area contributed by atoms with E-state index in [2.05, 4.69) is 10.1 Å². The first-order valence-corrected chi connectivity index (χ1v) is 8.20. The lowest BCUT2D eigenvalue weighted by Crippen LogP contribution is -2.39. The zero-order chi connectivity index (χ0) is 18.1. The van der Waals surface area contributed by atoms with Crippen LogP contribution >= 0.6 is 11.3 Å². The molecule has 25 heavy (non-hydrogen) atoms. The van der Waals surface area contributed by atoms with E-state index in [1.54, 1.807) is 0 Å². The Bertz CT molecular complexity index is 881. The minimum Gasteiger partial charge on any atom is -0.364 e. The molecule has 1 aliphatic heterocycles. The van der Waals surface area contributed by atoms with Gasteiger partial charge in [-0.2, -0.15) is 5.10 Å². The molecule has 2 aromatic rings. The van der Waals surface area contributed by atoms with Crippen molar-refractivity contribution in [2.45, 2.75) is 18.8 Å². The molecule has 0 aliphatic carbocycles. The first-order chi connectivity index (χ1) is 11.8. The molecule has 1 aliphatic rings.